The third kappa shape index (κ3) is 4.70. The van der Waals surface area contributed by atoms with Gasteiger partial charge in [-0.2, -0.15) is 5.26 Å². The van der Waals surface area contributed by atoms with Crippen LogP contribution >= 0.6 is 11.3 Å². The van der Waals surface area contributed by atoms with Gasteiger partial charge in [0.05, 0.1) is 12.2 Å². The standard InChI is InChI=1S/C22H24N4O3S/c1-3-29-22(28)19-16-9-10-26(12-15-7-5-4-6-8-15)13-18(16)30-21(19)25-14(2)17(11-23)20(24)27/h4-8,25H,3,9-10,12-13H2,1-2H3,(H2,24,27)/b17-14-. The SMILES string of the molecule is CCOC(=O)c1c(N/C(C)=C(/C#N)C(N)=O)sc2c1CCN(Cc1ccccc1)C2. The normalized spacial score (nSPS) is 14.3. The number of nitrogens with one attached hydrogen (secondary N) is 1. The number of ether oxygens (including phenoxy) is 1. The van der Waals surface area contributed by atoms with Gasteiger partial charge in [0, 0.05) is 30.2 Å². The summed E-state index contributed by atoms with van der Waals surface area (Å²) in [5, 5.41) is 12.8. The second-order valence-corrected chi connectivity index (χ2v) is 8.08. The number of nitrogens with two attached hydrogens (primary N) is 1. The molecule has 3 rings (SSSR count). The van der Waals surface area contributed by atoms with E-state index in [0.717, 1.165) is 30.0 Å². The third-order valence-electron chi connectivity index (χ3n) is 4.90. The van der Waals surface area contributed by atoms with E-state index in [9.17, 15) is 14.9 Å². The minimum atomic E-state index is -0.810. The maximum Gasteiger partial charge on any atom is 0.341 e. The predicted octanol–water partition coefficient (Wildman–Crippen LogP) is 3.18. The van der Waals surface area contributed by atoms with Gasteiger partial charge in [0.15, 0.2) is 0 Å². The molecule has 1 aliphatic heterocycles. The smallest absolute Gasteiger partial charge is 0.341 e. The highest BCUT2D eigenvalue weighted by molar-refractivity contribution is 7.16. The number of nitriles is 1. The Bertz CT molecular complexity index is 1020. The fourth-order valence-electron chi connectivity index (χ4n) is 3.50. The van der Waals surface area contributed by atoms with Crippen molar-refractivity contribution >= 4 is 28.2 Å². The Kier molecular flexibility index (Phi) is 6.87. The van der Waals surface area contributed by atoms with Crippen LogP contribution in [-0.2, 0) is 29.0 Å². The van der Waals surface area contributed by atoms with Crippen molar-refractivity contribution in [3.05, 3.63) is 63.2 Å². The van der Waals surface area contributed by atoms with E-state index in [1.807, 2.05) is 24.3 Å². The minimum Gasteiger partial charge on any atom is -0.462 e. The van der Waals surface area contributed by atoms with Crippen molar-refractivity contribution in [3.63, 3.8) is 0 Å². The largest absolute Gasteiger partial charge is 0.462 e. The lowest BCUT2D eigenvalue weighted by atomic mass is 10.0. The number of esters is 1. The number of amides is 1. The number of carbonyl (C=O) groups is 2. The lowest BCUT2D eigenvalue weighted by molar-refractivity contribution is -0.114. The van der Waals surface area contributed by atoms with E-state index >= 15 is 0 Å². The number of carbonyl (C=O) groups excluding carboxylic acids is 2. The van der Waals surface area contributed by atoms with Gasteiger partial charge in [-0.3, -0.25) is 9.69 Å². The van der Waals surface area contributed by atoms with Crippen molar-refractivity contribution in [2.24, 2.45) is 5.73 Å². The summed E-state index contributed by atoms with van der Waals surface area (Å²) in [7, 11) is 0. The number of rotatable bonds is 7. The number of thiophene rings is 1. The first kappa shape index (κ1) is 21.6. The molecule has 0 atom stereocenters. The fourth-order valence-corrected chi connectivity index (χ4v) is 4.83. The molecule has 0 spiro atoms. The Balaban J connectivity index is 1.92. The van der Waals surface area contributed by atoms with Crippen molar-refractivity contribution in [2.75, 3.05) is 18.5 Å². The summed E-state index contributed by atoms with van der Waals surface area (Å²) >= 11 is 1.45. The molecule has 1 aliphatic rings. The van der Waals surface area contributed by atoms with Crippen LogP contribution in [0.25, 0.3) is 0 Å². The lowest BCUT2D eigenvalue weighted by Crippen LogP contribution is -2.29. The summed E-state index contributed by atoms with van der Waals surface area (Å²) < 4.78 is 5.27. The number of hydrogen-bond donors (Lipinski definition) is 2. The van der Waals surface area contributed by atoms with Gasteiger partial charge in [0.25, 0.3) is 5.91 Å². The molecule has 1 aromatic carbocycles. The molecule has 1 aromatic heterocycles. The Labute approximate surface area is 179 Å². The van der Waals surface area contributed by atoms with Gasteiger partial charge in [-0.25, -0.2) is 4.79 Å². The summed E-state index contributed by atoms with van der Waals surface area (Å²) in [6.07, 6.45) is 0.720. The molecule has 0 unspecified atom stereocenters. The second-order valence-electron chi connectivity index (χ2n) is 6.98. The van der Waals surface area contributed by atoms with Crippen LogP contribution in [0, 0.1) is 11.3 Å². The summed E-state index contributed by atoms with van der Waals surface area (Å²) in [6, 6.07) is 12.1. The topological polar surface area (TPSA) is 108 Å². The van der Waals surface area contributed by atoms with E-state index in [-0.39, 0.29) is 12.2 Å². The molecule has 0 bridgehead atoms. The van der Waals surface area contributed by atoms with Crippen molar-refractivity contribution < 1.29 is 14.3 Å². The highest BCUT2D eigenvalue weighted by Crippen LogP contribution is 2.38. The molecule has 0 radical (unpaired) electrons. The van der Waals surface area contributed by atoms with Crippen LogP contribution in [0.1, 0.15) is 40.2 Å². The Morgan fingerprint density at radius 3 is 2.70 bits per heavy atom. The van der Waals surface area contributed by atoms with Crippen LogP contribution in [-0.4, -0.2) is 29.9 Å². The number of nitrogens with zero attached hydrogens (tertiary/aromatic N) is 2. The number of anilines is 1. The lowest BCUT2D eigenvalue weighted by Gasteiger charge is -2.27. The zero-order valence-electron chi connectivity index (χ0n) is 17.0. The fraction of sp³-hybridized carbons (Fsp3) is 0.318. The van der Waals surface area contributed by atoms with Gasteiger partial charge in [0.1, 0.15) is 16.6 Å². The number of allylic oxidation sites excluding steroid dienone is 1. The van der Waals surface area contributed by atoms with Gasteiger partial charge in [0.2, 0.25) is 0 Å². The predicted molar refractivity (Wildman–Crippen MR) is 116 cm³/mol. The van der Waals surface area contributed by atoms with Gasteiger partial charge in [-0.05, 0) is 31.4 Å². The summed E-state index contributed by atoms with van der Waals surface area (Å²) in [5.74, 6) is -1.21. The maximum absolute atomic E-state index is 12.7. The maximum atomic E-state index is 12.7. The molecule has 8 heteroatoms. The van der Waals surface area contributed by atoms with Gasteiger partial charge < -0.3 is 15.8 Å². The first-order chi connectivity index (χ1) is 14.4. The molecule has 156 valence electrons. The average Bonchev–Trinajstić information content (AvgIpc) is 3.06. The van der Waals surface area contributed by atoms with Crippen molar-refractivity contribution in [1.29, 1.82) is 5.26 Å². The van der Waals surface area contributed by atoms with E-state index < -0.39 is 11.9 Å². The Morgan fingerprint density at radius 1 is 1.33 bits per heavy atom. The highest BCUT2D eigenvalue weighted by atomic mass is 32.1. The summed E-state index contributed by atoms with van der Waals surface area (Å²) in [5.41, 5.74) is 8.12. The molecular weight excluding hydrogens is 400 g/mol. The first-order valence-electron chi connectivity index (χ1n) is 9.70. The Hall–Kier alpha value is -3.15. The molecule has 0 fully saturated rings. The molecule has 0 aliphatic carbocycles. The van der Waals surface area contributed by atoms with Gasteiger partial charge >= 0.3 is 5.97 Å². The number of hydrogen-bond acceptors (Lipinski definition) is 7. The zero-order valence-corrected chi connectivity index (χ0v) is 17.8. The highest BCUT2D eigenvalue weighted by Gasteiger charge is 2.29. The molecule has 2 heterocycles. The number of primary amides is 1. The van der Waals surface area contributed by atoms with Crippen LogP contribution in [0.3, 0.4) is 0 Å². The molecule has 30 heavy (non-hydrogen) atoms. The molecule has 0 saturated carbocycles. The van der Waals surface area contributed by atoms with Crippen molar-refractivity contribution in [2.45, 2.75) is 33.4 Å². The number of benzene rings is 1. The van der Waals surface area contributed by atoms with Crippen LogP contribution in [0.15, 0.2) is 41.6 Å². The van der Waals surface area contributed by atoms with E-state index in [1.54, 1.807) is 13.8 Å². The Morgan fingerprint density at radius 2 is 2.07 bits per heavy atom. The molecule has 7 nitrogen and oxygen atoms in total. The van der Waals surface area contributed by atoms with Crippen LogP contribution in [0.2, 0.25) is 0 Å². The first-order valence-corrected chi connectivity index (χ1v) is 10.5. The average molecular weight is 425 g/mol. The van der Waals surface area contributed by atoms with E-state index in [4.69, 9.17) is 10.5 Å². The third-order valence-corrected chi connectivity index (χ3v) is 6.03. The van der Waals surface area contributed by atoms with Crippen molar-refractivity contribution in [1.82, 2.24) is 4.90 Å². The second kappa shape index (κ2) is 9.57. The molecule has 0 saturated heterocycles. The van der Waals surface area contributed by atoms with Gasteiger partial charge in [-0.1, -0.05) is 30.3 Å². The molecular formula is C22H24N4O3S. The van der Waals surface area contributed by atoms with E-state index in [1.165, 1.54) is 16.9 Å². The molecule has 2 aromatic rings. The van der Waals surface area contributed by atoms with Crippen LogP contribution in [0.4, 0.5) is 5.00 Å². The van der Waals surface area contributed by atoms with Crippen molar-refractivity contribution in [3.8, 4) is 6.07 Å². The molecule has 1 amide bonds. The monoisotopic (exact) mass is 424 g/mol. The molecule has 3 N–H and O–H groups in total. The van der Waals surface area contributed by atoms with E-state index in [0.29, 0.717) is 22.8 Å². The number of fused-ring (bicyclic) bond motifs is 1. The van der Waals surface area contributed by atoms with Crippen LogP contribution < -0.4 is 11.1 Å². The van der Waals surface area contributed by atoms with E-state index in [2.05, 4.69) is 22.3 Å². The quantitative estimate of drug-likeness (QED) is 0.401. The minimum absolute atomic E-state index is 0.165. The summed E-state index contributed by atoms with van der Waals surface area (Å²) in [6.45, 7) is 5.99. The van der Waals surface area contributed by atoms with Crippen LogP contribution in [0.5, 0.6) is 0 Å². The van der Waals surface area contributed by atoms with Gasteiger partial charge in [-0.15, -0.1) is 11.3 Å². The zero-order chi connectivity index (χ0) is 21.7. The summed E-state index contributed by atoms with van der Waals surface area (Å²) in [4.78, 5) is 27.6.